The number of hydrogen-bond acceptors (Lipinski definition) is 4. The van der Waals surface area contributed by atoms with E-state index < -0.39 is 11.8 Å². The standard InChI is InChI=1S/C15H24FN3O2/c1-4-19(5-2)8-6-7-11(3)18-14-13(15(20)21)9-12(16)10-17-14/h9-11H,4-8H2,1-3H3,(H,17,18)(H,20,21). The van der Waals surface area contributed by atoms with Gasteiger partial charge in [0.25, 0.3) is 0 Å². The Morgan fingerprint density at radius 1 is 1.48 bits per heavy atom. The zero-order valence-corrected chi connectivity index (χ0v) is 12.9. The van der Waals surface area contributed by atoms with Crippen LogP contribution in [0.3, 0.4) is 0 Å². The molecule has 0 aliphatic heterocycles. The Balaban J connectivity index is 2.55. The van der Waals surface area contributed by atoms with Gasteiger partial charge in [0, 0.05) is 6.04 Å². The molecule has 0 radical (unpaired) electrons. The van der Waals surface area contributed by atoms with Crippen LogP contribution in [0.15, 0.2) is 12.3 Å². The highest BCUT2D eigenvalue weighted by Crippen LogP contribution is 2.16. The summed E-state index contributed by atoms with van der Waals surface area (Å²) in [7, 11) is 0. The average molecular weight is 297 g/mol. The van der Waals surface area contributed by atoms with E-state index in [1.165, 1.54) is 0 Å². The highest BCUT2D eigenvalue weighted by atomic mass is 19.1. The maximum absolute atomic E-state index is 13.1. The zero-order valence-electron chi connectivity index (χ0n) is 12.9. The van der Waals surface area contributed by atoms with Crippen molar-refractivity contribution in [2.75, 3.05) is 25.0 Å². The molecule has 2 N–H and O–H groups in total. The first-order chi connectivity index (χ1) is 9.97. The molecule has 1 aromatic heterocycles. The second-order valence-corrected chi connectivity index (χ2v) is 5.07. The number of aromatic carboxylic acids is 1. The maximum Gasteiger partial charge on any atom is 0.339 e. The molecule has 0 saturated carbocycles. The van der Waals surface area contributed by atoms with Gasteiger partial charge in [0.2, 0.25) is 0 Å². The quantitative estimate of drug-likeness (QED) is 0.733. The zero-order chi connectivity index (χ0) is 15.8. The number of pyridine rings is 1. The second kappa shape index (κ2) is 8.56. The summed E-state index contributed by atoms with van der Waals surface area (Å²) in [5, 5.41) is 12.1. The van der Waals surface area contributed by atoms with Crippen LogP contribution in [0.4, 0.5) is 10.2 Å². The first kappa shape index (κ1) is 17.4. The van der Waals surface area contributed by atoms with Gasteiger partial charge in [0.05, 0.1) is 6.20 Å². The third kappa shape index (κ3) is 5.67. The van der Waals surface area contributed by atoms with E-state index in [-0.39, 0.29) is 17.4 Å². The van der Waals surface area contributed by atoms with Gasteiger partial charge in [-0.05, 0) is 45.5 Å². The first-order valence-electron chi connectivity index (χ1n) is 7.35. The van der Waals surface area contributed by atoms with Crippen molar-refractivity contribution < 1.29 is 14.3 Å². The fourth-order valence-electron chi connectivity index (χ4n) is 2.18. The fraction of sp³-hybridized carbons (Fsp3) is 0.600. The van der Waals surface area contributed by atoms with Gasteiger partial charge >= 0.3 is 5.97 Å². The summed E-state index contributed by atoms with van der Waals surface area (Å²) in [6.07, 6.45) is 2.94. The number of halogens is 1. The monoisotopic (exact) mass is 297 g/mol. The SMILES string of the molecule is CCN(CC)CCCC(C)Nc1ncc(F)cc1C(=O)O. The molecule has 118 valence electrons. The number of aromatic nitrogens is 1. The lowest BCUT2D eigenvalue weighted by atomic mass is 10.1. The van der Waals surface area contributed by atoms with Crippen molar-refractivity contribution in [1.29, 1.82) is 0 Å². The van der Waals surface area contributed by atoms with Crippen molar-refractivity contribution in [2.45, 2.75) is 39.7 Å². The van der Waals surface area contributed by atoms with E-state index >= 15 is 0 Å². The fourth-order valence-corrected chi connectivity index (χ4v) is 2.18. The Morgan fingerprint density at radius 2 is 2.14 bits per heavy atom. The Labute approximate surface area is 125 Å². The Kier molecular flexibility index (Phi) is 7.08. The van der Waals surface area contributed by atoms with Crippen LogP contribution in [0.2, 0.25) is 0 Å². The highest BCUT2D eigenvalue weighted by Gasteiger charge is 2.14. The van der Waals surface area contributed by atoms with Crippen LogP contribution in [0.25, 0.3) is 0 Å². The van der Waals surface area contributed by atoms with Crippen LogP contribution in [0.1, 0.15) is 44.0 Å². The lowest BCUT2D eigenvalue weighted by Crippen LogP contribution is -2.26. The normalized spacial score (nSPS) is 12.4. The number of anilines is 1. The second-order valence-electron chi connectivity index (χ2n) is 5.07. The lowest BCUT2D eigenvalue weighted by Gasteiger charge is -2.20. The molecule has 0 aliphatic carbocycles. The highest BCUT2D eigenvalue weighted by molar-refractivity contribution is 5.93. The third-order valence-corrected chi connectivity index (χ3v) is 3.47. The summed E-state index contributed by atoms with van der Waals surface area (Å²) in [5.41, 5.74) is -0.134. The van der Waals surface area contributed by atoms with Gasteiger partial charge in [-0.2, -0.15) is 0 Å². The van der Waals surface area contributed by atoms with Gasteiger partial charge in [-0.1, -0.05) is 13.8 Å². The topological polar surface area (TPSA) is 65.5 Å². The van der Waals surface area contributed by atoms with E-state index in [0.717, 1.165) is 44.7 Å². The molecule has 0 amide bonds. The number of carboxylic acids is 1. The Bertz CT molecular complexity index is 464. The molecule has 5 nitrogen and oxygen atoms in total. The first-order valence-corrected chi connectivity index (χ1v) is 7.35. The molecular weight excluding hydrogens is 273 g/mol. The molecule has 1 aromatic rings. The summed E-state index contributed by atoms with van der Waals surface area (Å²) in [6, 6.07) is 1.07. The van der Waals surface area contributed by atoms with Crippen molar-refractivity contribution in [3.63, 3.8) is 0 Å². The predicted octanol–water partition coefficient (Wildman–Crippen LogP) is 2.84. The number of hydrogen-bond donors (Lipinski definition) is 2. The lowest BCUT2D eigenvalue weighted by molar-refractivity contribution is 0.0697. The predicted molar refractivity (Wildman–Crippen MR) is 81.3 cm³/mol. The molecule has 1 unspecified atom stereocenters. The van der Waals surface area contributed by atoms with Crippen molar-refractivity contribution in [3.05, 3.63) is 23.6 Å². The van der Waals surface area contributed by atoms with Gasteiger partial charge in [-0.3, -0.25) is 0 Å². The number of carboxylic acid groups (broad SMARTS) is 1. The van der Waals surface area contributed by atoms with E-state index in [9.17, 15) is 9.18 Å². The van der Waals surface area contributed by atoms with Crippen LogP contribution < -0.4 is 5.32 Å². The summed E-state index contributed by atoms with van der Waals surface area (Å²) in [5.74, 6) is -1.61. The third-order valence-electron chi connectivity index (χ3n) is 3.47. The molecular formula is C15H24FN3O2. The minimum Gasteiger partial charge on any atom is -0.478 e. The van der Waals surface area contributed by atoms with Gasteiger partial charge in [0.1, 0.15) is 17.2 Å². The molecule has 6 heteroatoms. The molecule has 1 rings (SSSR count). The molecule has 0 spiro atoms. The summed E-state index contributed by atoms with van der Waals surface area (Å²) in [6.45, 7) is 9.31. The van der Waals surface area contributed by atoms with Crippen LogP contribution >= 0.6 is 0 Å². The minimum atomic E-state index is -1.18. The van der Waals surface area contributed by atoms with Crippen molar-refractivity contribution >= 4 is 11.8 Å². The van der Waals surface area contributed by atoms with Crippen LogP contribution in [0.5, 0.6) is 0 Å². The summed E-state index contributed by atoms with van der Waals surface area (Å²) < 4.78 is 13.1. The van der Waals surface area contributed by atoms with Crippen LogP contribution in [0, 0.1) is 5.82 Å². The average Bonchev–Trinajstić information content (AvgIpc) is 2.45. The van der Waals surface area contributed by atoms with Crippen molar-refractivity contribution in [2.24, 2.45) is 0 Å². The van der Waals surface area contributed by atoms with Gasteiger partial charge in [-0.25, -0.2) is 14.2 Å². The largest absolute Gasteiger partial charge is 0.478 e. The number of rotatable bonds is 9. The summed E-state index contributed by atoms with van der Waals surface area (Å²) in [4.78, 5) is 17.3. The number of carbonyl (C=O) groups is 1. The molecule has 0 aromatic carbocycles. The minimum absolute atomic E-state index is 0.0802. The Morgan fingerprint density at radius 3 is 2.71 bits per heavy atom. The molecule has 1 heterocycles. The Hall–Kier alpha value is -1.69. The van der Waals surface area contributed by atoms with E-state index in [2.05, 4.69) is 29.0 Å². The van der Waals surface area contributed by atoms with E-state index in [1.54, 1.807) is 0 Å². The van der Waals surface area contributed by atoms with E-state index in [1.807, 2.05) is 6.92 Å². The van der Waals surface area contributed by atoms with Gasteiger partial charge in [-0.15, -0.1) is 0 Å². The summed E-state index contributed by atoms with van der Waals surface area (Å²) >= 11 is 0. The van der Waals surface area contributed by atoms with E-state index in [4.69, 9.17) is 5.11 Å². The molecule has 0 bridgehead atoms. The molecule has 21 heavy (non-hydrogen) atoms. The van der Waals surface area contributed by atoms with Crippen LogP contribution in [-0.2, 0) is 0 Å². The van der Waals surface area contributed by atoms with Gasteiger partial charge in [0.15, 0.2) is 0 Å². The molecule has 1 atom stereocenters. The van der Waals surface area contributed by atoms with Crippen LogP contribution in [-0.4, -0.2) is 46.6 Å². The molecule has 0 fully saturated rings. The van der Waals surface area contributed by atoms with Gasteiger partial charge < -0.3 is 15.3 Å². The molecule has 0 saturated heterocycles. The number of nitrogens with one attached hydrogen (secondary N) is 1. The number of nitrogens with zero attached hydrogens (tertiary/aromatic N) is 2. The van der Waals surface area contributed by atoms with E-state index in [0.29, 0.717) is 0 Å². The maximum atomic E-state index is 13.1. The van der Waals surface area contributed by atoms with Crippen molar-refractivity contribution in [3.8, 4) is 0 Å². The molecule has 0 aliphatic rings. The smallest absolute Gasteiger partial charge is 0.339 e. The van der Waals surface area contributed by atoms with Crippen molar-refractivity contribution in [1.82, 2.24) is 9.88 Å².